The summed E-state index contributed by atoms with van der Waals surface area (Å²) in [4.78, 5) is 33.7. The van der Waals surface area contributed by atoms with Gasteiger partial charge in [-0.2, -0.15) is 0 Å². The van der Waals surface area contributed by atoms with Crippen molar-refractivity contribution in [3.05, 3.63) is 47.5 Å². The smallest absolute Gasteiger partial charge is 0.303 e. The van der Waals surface area contributed by atoms with E-state index >= 15 is 0 Å². The molecule has 1 aliphatic heterocycles. The minimum absolute atomic E-state index is 0.292. The highest BCUT2D eigenvalue weighted by atomic mass is 32.2. The fourth-order valence-electron chi connectivity index (χ4n) is 3.95. The normalized spacial score (nSPS) is 15.0. The van der Waals surface area contributed by atoms with E-state index in [4.69, 9.17) is 9.84 Å². The van der Waals surface area contributed by atoms with Gasteiger partial charge in [0.2, 0.25) is 0 Å². The molecule has 0 aromatic heterocycles. The maximum atomic E-state index is 11.9. The quantitative estimate of drug-likeness (QED) is 0.233. The van der Waals surface area contributed by atoms with Gasteiger partial charge in [0.05, 0.1) is 6.61 Å². The van der Waals surface area contributed by atoms with Crippen molar-refractivity contribution in [2.24, 2.45) is 0 Å². The molecular formula is C27H33NO5S. The van der Waals surface area contributed by atoms with E-state index in [1.54, 1.807) is 0 Å². The largest absolute Gasteiger partial charge is 0.494 e. The molecule has 2 aromatic rings. The Hall–Kier alpha value is -2.80. The maximum absolute atomic E-state index is 11.9. The first-order valence-electron chi connectivity index (χ1n) is 12.1. The highest BCUT2D eigenvalue weighted by Crippen LogP contribution is 2.25. The van der Waals surface area contributed by atoms with Gasteiger partial charge in [-0.1, -0.05) is 74.9 Å². The lowest BCUT2D eigenvalue weighted by atomic mass is 10.0. The van der Waals surface area contributed by atoms with Crippen LogP contribution in [0.15, 0.2) is 42.0 Å². The lowest BCUT2D eigenvalue weighted by molar-refractivity contribution is -0.137. The third kappa shape index (κ3) is 8.86. The number of fused-ring (bicyclic) bond motifs is 1. The van der Waals surface area contributed by atoms with Gasteiger partial charge in [-0.15, -0.1) is 0 Å². The third-order valence-corrected chi connectivity index (χ3v) is 6.67. The molecule has 0 spiro atoms. The first-order valence-corrected chi connectivity index (χ1v) is 13.1. The zero-order valence-corrected chi connectivity index (χ0v) is 20.3. The highest BCUT2D eigenvalue weighted by molar-refractivity contribution is 8.13. The number of unbranched alkanes of at least 4 members (excludes halogenated alkanes) is 8. The van der Waals surface area contributed by atoms with Crippen LogP contribution in [0.25, 0.3) is 16.8 Å². The molecule has 182 valence electrons. The monoisotopic (exact) mass is 483 g/mol. The summed E-state index contributed by atoms with van der Waals surface area (Å²) in [6.07, 6.45) is 12.1. The van der Waals surface area contributed by atoms with Crippen molar-refractivity contribution < 1.29 is 24.2 Å². The van der Waals surface area contributed by atoms with Crippen LogP contribution in [0.5, 0.6) is 5.75 Å². The number of hydrogen-bond donors (Lipinski definition) is 2. The Bertz CT molecular complexity index is 1030. The minimum atomic E-state index is -0.695. The Morgan fingerprint density at radius 1 is 0.912 bits per heavy atom. The molecule has 2 amide bonds. The zero-order valence-electron chi connectivity index (χ0n) is 19.5. The van der Waals surface area contributed by atoms with Crippen molar-refractivity contribution in [3.8, 4) is 5.75 Å². The number of thioether (sulfide) groups is 1. The number of amides is 2. The topological polar surface area (TPSA) is 92.7 Å². The summed E-state index contributed by atoms with van der Waals surface area (Å²) in [5, 5.41) is 12.8. The van der Waals surface area contributed by atoms with Crippen LogP contribution in [0.4, 0.5) is 4.79 Å². The third-order valence-electron chi connectivity index (χ3n) is 5.85. The first kappa shape index (κ1) is 25.8. The van der Waals surface area contributed by atoms with Gasteiger partial charge in [-0.25, -0.2) is 0 Å². The number of carboxylic acid groups (broad SMARTS) is 1. The van der Waals surface area contributed by atoms with Gasteiger partial charge in [-0.05, 0) is 53.5 Å². The number of carbonyl (C=O) groups excluding carboxylic acids is 2. The fraction of sp³-hybridized carbons (Fsp3) is 0.444. The molecule has 0 aliphatic carbocycles. The second kappa shape index (κ2) is 13.8. The van der Waals surface area contributed by atoms with Gasteiger partial charge in [0.25, 0.3) is 11.1 Å². The molecule has 0 radical (unpaired) electrons. The second-order valence-corrected chi connectivity index (χ2v) is 9.59. The number of imide groups is 1. The Kier molecular flexibility index (Phi) is 10.5. The lowest BCUT2D eigenvalue weighted by Gasteiger charge is -2.13. The SMILES string of the molecule is O=C(O)CCCCCCCCCCCOc1ccc2cc(/C=C3\CSC(=O)NC3=O)ccc2c1. The summed E-state index contributed by atoms with van der Waals surface area (Å²) in [7, 11) is 0. The molecule has 34 heavy (non-hydrogen) atoms. The highest BCUT2D eigenvalue weighted by Gasteiger charge is 2.20. The predicted octanol–water partition coefficient (Wildman–Crippen LogP) is 6.57. The second-order valence-electron chi connectivity index (χ2n) is 8.64. The molecule has 1 saturated heterocycles. The molecule has 1 aliphatic rings. The molecule has 2 N–H and O–H groups in total. The van der Waals surface area contributed by atoms with E-state index in [9.17, 15) is 14.4 Å². The van der Waals surface area contributed by atoms with Gasteiger partial charge in [0.1, 0.15) is 5.75 Å². The zero-order chi connectivity index (χ0) is 24.2. The number of carbonyl (C=O) groups is 3. The van der Waals surface area contributed by atoms with Crippen molar-refractivity contribution in [3.63, 3.8) is 0 Å². The van der Waals surface area contributed by atoms with E-state index < -0.39 is 5.97 Å². The van der Waals surface area contributed by atoms with Crippen LogP contribution >= 0.6 is 11.8 Å². The summed E-state index contributed by atoms with van der Waals surface area (Å²) in [5.41, 5.74) is 1.53. The van der Waals surface area contributed by atoms with Gasteiger partial charge >= 0.3 is 5.97 Å². The number of ether oxygens (including phenoxy) is 1. The molecule has 0 atom stereocenters. The molecule has 6 nitrogen and oxygen atoms in total. The van der Waals surface area contributed by atoms with Gasteiger partial charge in [0, 0.05) is 17.7 Å². The van der Waals surface area contributed by atoms with Crippen LogP contribution in [-0.2, 0) is 9.59 Å². The summed E-state index contributed by atoms with van der Waals surface area (Å²) < 4.78 is 5.93. The number of carboxylic acids is 1. The van der Waals surface area contributed by atoms with Crippen molar-refractivity contribution >= 4 is 45.7 Å². The van der Waals surface area contributed by atoms with E-state index in [0.717, 1.165) is 66.0 Å². The van der Waals surface area contributed by atoms with Crippen LogP contribution in [0.1, 0.15) is 69.8 Å². The van der Waals surface area contributed by atoms with Crippen LogP contribution in [0.3, 0.4) is 0 Å². The van der Waals surface area contributed by atoms with Crippen LogP contribution in [-0.4, -0.2) is 34.6 Å². The Morgan fingerprint density at radius 3 is 2.26 bits per heavy atom. The molecule has 1 fully saturated rings. The van der Waals surface area contributed by atoms with Gasteiger partial charge in [0.15, 0.2) is 0 Å². The average Bonchev–Trinajstić information content (AvgIpc) is 2.81. The molecule has 0 unspecified atom stereocenters. The van der Waals surface area contributed by atoms with E-state index in [1.807, 2.05) is 42.5 Å². The van der Waals surface area contributed by atoms with Crippen LogP contribution in [0.2, 0.25) is 0 Å². The van der Waals surface area contributed by atoms with E-state index in [2.05, 4.69) is 5.32 Å². The van der Waals surface area contributed by atoms with E-state index in [1.165, 1.54) is 25.7 Å². The van der Waals surface area contributed by atoms with Gasteiger partial charge in [-0.3, -0.25) is 19.7 Å². The van der Waals surface area contributed by atoms with Crippen molar-refractivity contribution in [1.29, 1.82) is 0 Å². The Labute approximate surface area is 205 Å². The van der Waals surface area contributed by atoms with Crippen LogP contribution in [0, 0.1) is 0 Å². The first-order chi connectivity index (χ1) is 16.5. The summed E-state index contributed by atoms with van der Waals surface area (Å²) >= 11 is 1.10. The maximum Gasteiger partial charge on any atom is 0.303 e. The average molecular weight is 484 g/mol. The molecule has 0 saturated carbocycles. The fourth-order valence-corrected chi connectivity index (χ4v) is 4.62. The molecule has 7 heteroatoms. The van der Waals surface area contributed by atoms with Gasteiger partial charge < -0.3 is 9.84 Å². The van der Waals surface area contributed by atoms with Crippen molar-refractivity contribution in [1.82, 2.24) is 5.32 Å². The molecule has 3 rings (SSSR count). The lowest BCUT2D eigenvalue weighted by Crippen LogP contribution is -2.33. The van der Waals surface area contributed by atoms with Crippen molar-refractivity contribution in [2.45, 2.75) is 64.2 Å². The molecule has 0 bridgehead atoms. The Morgan fingerprint density at radius 2 is 1.56 bits per heavy atom. The number of rotatable bonds is 14. The summed E-state index contributed by atoms with van der Waals surface area (Å²) in [5.74, 6) is 0.241. The number of benzene rings is 2. The standard InChI is InChI=1S/C27H33NO5S/c29-25(30)10-8-6-4-2-1-3-5-7-9-15-33-24-14-13-21-16-20(11-12-22(21)18-24)17-23-19-34-27(32)28-26(23)31/h11-14,16-18H,1-10,15,19H2,(H,29,30)(H,28,31,32)/b23-17+. The Balaban J connectivity index is 1.34. The predicted molar refractivity (Wildman–Crippen MR) is 137 cm³/mol. The van der Waals surface area contributed by atoms with Crippen LogP contribution < -0.4 is 10.1 Å². The van der Waals surface area contributed by atoms with E-state index in [0.29, 0.717) is 24.4 Å². The molecule has 2 aromatic carbocycles. The molecule has 1 heterocycles. The minimum Gasteiger partial charge on any atom is -0.494 e. The van der Waals surface area contributed by atoms with E-state index in [-0.39, 0.29) is 11.1 Å². The molecular weight excluding hydrogens is 450 g/mol. The summed E-state index contributed by atoms with van der Waals surface area (Å²) in [6.45, 7) is 0.705. The van der Waals surface area contributed by atoms with Crippen molar-refractivity contribution in [2.75, 3.05) is 12.4 Å². The number of nitrogens with one attached hydrogen (secondary N) is 1. The summed E-state index contributed by atoms with van der Waals surface area (Å²) in [6, 6.07) is 12.1. The number of aliphatic carboxylic acids is 1. The number of hydrogen-bond acceptors (Lipinski definition) is 5.